The van der Waals surface area contributed by atoms with Gasteiger partial charge in [-0.3, -0.25) is 0 Å². The summed E-state index contributed by atoms with van der Waals surface area (Å²) in [5.74, 6) is 1.01. The molecule has 0 bridgehead atoms. The largest absolute Gasteiger partial charge is 0.468 e. The predicted molar refractivity (Wildman–Crippen MR) is 63.2 cm³/mol. The van der Waals surface area contributed by atoms with Gasteiger partial charge in [0.2, 0.25) is 0 Å². The third-order valence-corrected chi connectivity index (χ3v) is 3.12. The number of rotatable bonds is 5. The summed E-state index contributed by atoms with van der Waals surface area (Å²) in [5.41, 5.74) is 0. The van der Waals surface area contributed by atoms with Crippen LogP contribution in [0.15, 0.2) is 22.8 Å². The van der Waals surface area contributed by atoms with E-state index in [1.54, 1.807) is 6.26 Å². The standard InChI is InChI=1S/C13H21NO2/c1-2-4-12-9-11(6-8-16-12)14-10-13-5-3-7-15-13/h3,5,7,11-12,14H,2,4,6,8-10H2,1H3. The van der Waals surface area contributed by atoms with Crippen LogP contribution in [-0.2, 0) is 11.3 Å². The molecule has 0 amide bonds. The Hall–Kier alpha value is -0.800. The summed E-state index contributed by atoms with van der Waals surface area (Å²) < 4.78 is 11.0. The van der Waals surface area contributed by atoms with Crippen molar-refractivity contribution in [2.45, 2.75) is 51.3 Å². The molecule has 2 atom stereocenters. The first kappa shape index (κ1) is 11.7. The Labute approximate surface area is 97.2 Å². The van der Waals surface area contributed by atoms with Crippen molar-refractivity contribution in [2.24, 2.45) is 0 Å². The van der Waals surface area contributed by atoms with Crippen LogP contribution in [0.4, 0.5) is 0 Å². The molecule has 1 aromatic heterocycles. The van der Waals surface area contributed by atoms with Crippen LogP contribution in [-0.4, -0.2) is 18.8 Å². The van der Waals surface area contributed by atoms with Crippen molar-refractivity contribution in [3.8, 4) is 0 Å². The maximum atomic E-state index is 5.72. The Balaban J connectivity index is 1.72. The first-order valence-electron chi connectivity index (χ1n) is 6.26. The van der Waals surface area contributed by atoms with Gasteiger partial charge in [0.05, 0.1) is 18.9 Å². The van der Waals surface area contributed by atoms with Crippen molar-refractivity contribution in [1.29, 1.82) is 0 Å². The van der Waals surface area contributed by atoms with Gasteiger partial charge in [-0.2, -0.15) is 0 Å². The Bertz CT molecular complexity index is 282. The number of ether oxygens (including phenoxy) is 1. The number of hydrogen-bond donors (Lipinski definition) is 1. The van der Waals surface area contributed by atoms with Crippen LogP contribution < -0.4 is 5.32 Å². The highest BCUT2D eigenvalue weighted by Gasteiger charge is 2.21. The highest BCUT2D eigenvalue weighted by atomic mass is 16.5. The van der Waals surface area contributed by atoms with Crippen molar-refractivity contribution in [1.82, 2.24) is 5.32 Å². The fourth-order valence-electron chi connectivity index (χ4n) is 2.25. The van der Waals surface area contributed by atoms with Crippen LogP contribution >= 0.6 is 0 Å². The first-order chi connectivity index (χ1) is 7.88. The zero-order chi connectivity index (χ0) is 11.2. The maximum Gasteiger partial charge on any atom is 0.117 e. The van der Waals surface area contributed by atoms with Crippen molar-refractivity contribution >= 4 is 0 Å². The van der Waals surface area contributed by atoms with Gasteiger partial charge >= 0.3 is 0 Å². The molecular weight excluding hydrogens is 202 g/mol. The molecular formula is C13H21NO2. The lowest BCUT2D eigenvalue weighted by Crippen LogP contribution is -2.38. The molecule has 1 N–H and O–H groups in total. The Morgan fingerprint density at radius 1 is 1.50 bits per heavy atom. The second-order valence-corrected chi connectivity index (χ2v) is 4.46. The number of nitrogens with one attached hydrogen (secondary N) is 1. The van der Waals surface area contributed by atoms with E-state index in [0.717, 1.165) is 31.8 Å². The van der Waals surface area contributed by atoms with Crippen molar-refractivity contribution < 1.29 is 9.15 Å². The highest BCUT2D eigenvalue weighted by Crippen LogP contribution is 2.18. The Kier molecular flexibility index (Phi) is 4.43. The lowest BCUT2D eigenvalue weighted by atomic mass is 10.00. The minimum atomic E-state index is 0.452. The molecule has 1 aromatic rings. The van der Waals surface area contributed by atoms with Gasteiger partial charge in [-0.1, -0.05) is 13.3 Å². The quantitative estimate of drug-likeness (QED) is 0.833. The van der Waals surface area contributed by atoms with Crippen LogP contribution in [0, 0.1) is 0 Å². The molecule has 2 heterocycles. The minimum Gasteiger partial charge on any atom is -0.468 e. The van der Waals surface area contributed by atoms with Gasteiger partial charge in [-0.25, -0.2) is 0 Å². The van der Waals surface area contributed by atoms with E-state index in [1.807, 2.05) is 12.1 Å². The molecule has 16 heavy (non-hydrogen) atoms. The molecule has 0 radical (unpaired) electrons. The molecule has 1 saturated heterocycles. The molecule has 2 rings (SSSR count). The van der Waals surface area contributed by atoms with E-state index in [4.69, 9.17) is 9.15 Å². The molecule has 0 aromatic carbocycles. The summed E-state index contributed by atoms with van der Waals surface area (Å²) >= 11 is 0. The van der Waals surface area contributed by atoms with Crippen LogP contribution in [0.1, 0.15) is 38.4 Å². The fourth-order valence-corrected chi connectivity index (χ4v) is 2.25. The van der Waals surface area contributed by atoms with Gasteiger partial charge in [0.25, 0.3) is 0 Å². The lowest BCUT2D eigenvalue weighted by Gasteiger charge is -2.30. The van der Waals surface area contributed by atoms with Crippen LogP contribution in [0.2, 0.25) is 0 Å². The van der Waals surface area contributed by atoms with Crippen molar-refractivity contribution in [3.63, 3.8) is 0 Å². The third-order valence-electron chi connectivity index (χ3n) is 3.12. The summed E-state index contributed by atoms with van der Waals surface area (Å²) in [5, 5.41) is 3.54. The van der Waals surface area contributed by atoms with E-state index in [0.29, 0.717) is 12.1 Å². The normalized spacial score (nSPS) is 25.8. The summed E-state index contributed by atoms with van der Waals surface area (Å²) in [4.78, 5) is 0. The van der Waals surface area contributed by atoms with Gasteiger partial charge in [0, 0.05) is 12.6 Å². The van der Waals surface area contributed by atoms with E-state index in [9.17, 15) is 0 Å². The number of hydrogen-bond acceptors (Lipinski definition) is 3. The fraction of sp³-hybridized carbons (Fsp3) is 0.692. The monoisotopic (exact) mass is 223 g/mol. The van der Waals surface area contributed by atoms with Gasteiger partial charge in [-0.15, -0.1) is 0 Å². The van der Waals surface area contributed by atoms with E-state index < -0.39 is 0 Å². The summed E-state index contributed by atoms with van der Waals surface area (Å²) in [6.45, 7) is 3.93. The van der Waals surface area contributed by atoms with E-state index >= 15 is 0 Å². The molecule has 1 fully saturated rings. The van der Waals surface area contributed by atoms with E-state index in [-0.39, 0.29) is 0 Å². The second-order valence-electron chi connectivity index (χ2n) is 4.46. The van der Waals surface area contributed by atoms with E-state index in [2.05, 4.69) is 12.2 Å². The molecule has 0 spiro atoms. The average molecular weight is 223 g/mol. The molecule has 1 aliphatic heterocycles. The molecule has 90 valence electrons. The summed E-state index contributed by atoms with van der Waals surface area (Å²) in [7, 11) is 0. The zero-order valence-corrected chi connectivity index (χ0v) is 9.95. The van der Waals surface area contributed by atoms with Gasteiger partial charge in [0.1, 0.15) is 5.76 Å². The topological polar surface area (TPSA) is 34.4 Å². The molecule has 0 aliphatic carbocycles. The summed E-state index contributed by atoms with van der Waals surface area (Å²) in [6, 6.07) is 4.52. The Morgan fingerprint density at radius 2 is 2.44 bits per heavy atom. The maximum absolute atomic E-state index is 5.72. The summed E-state index contributed by atoms with van der Waals surface area (Å²) in [6.07, 6.45) is 6.80. The number of furan rings is 1. The average Bonchev–Trinajstić information content (AvgIpc) is 2.80. The molecule has 3 nitrogen and oxygen atoms in total. The lowest BCUT2D eigenvalue weighted by molar-refractivity contribution is -0.00368. The molecule has 0 saturated carbocycles. The van der Waals surface area contributed by atoms with Gasteiger partial charge in [0.15, 0.2) is 0 Å². The molecule has 3 heteroatoms. The van der Waals surface area contributed by atoms with E-state index in [1.165, 1.54) is 12.8 Å². The zero-order valence-electron chi connectivity index (χ0n) is 9.95. The van der Waals surface area contributed by atoms with Crippen LogP contribution in [0.5, 0.6) is 0 Å². The second kappa shape index (κ2) is 6.06. The predicted octanol–water partition coefficient (Wildman–Crippen LogP) is 2.72. The first-order valence-corrected chi connectivity index (χ1v) is 6.26. The van der Waals surface area contributed by atoms with Gasteiger partial charge in [-0.05, 0) is 31.4 Å². The molecule has 2 unspecified atom stereocenters. The smallest absolute Gasteiger partial charge is 0.117 e. The SMILES string of the molecule is CCCC1CC(NCc2ccco2)CCO1. The Morgan fingerprint density at radius 3 is 3.19 bits per heavy atom. The van der Waals surface area contributed by atoms with Crippen molar-refractivity contribution in [2.75, 3.05) is 6.61 Å². The minimum absolute atomic E-state index is 0.452. The van der Waals surface area contributed by atoms with Crippen LogP contribution in [0.3, 0.4) is 0 Å². The van der Waals surface area contributed by atoms with Gasteiger partial charge < -0.3 is 14.5 Å². The molecule has 1 aliphatic rings. The van der Waals surface area contributed by atoms with Crippen LogP contribution in [0.25, 0.3) is 0 Å². The third kappa shape index (κ3) is 3.35. The highest BCUT2D eigenvalue weighted by molar-refractivity contribution is 4.98. The van der Waals surface area contributed by atoms with Crippen molar-refractivity contribution in [3.05, 3.63) is 24.2 Å².